The van der Waals surface area contributed by atoms with Crippen molar-refractivity contribution in [3.05, 3.63) is 46.6 Å². The van der Waals surface area contributed by atoms with Gasteiger partial charge in [0, 0.05) is 18.0 Å². The summed E-state index contributed by atoms with van der Waals surface area (Å²) in [6.45, 7) is 4.11. The molecular formula is C14H12N2O2S. The second-order valence-corrected chi connectivity index (χ2v) is 5.54. The van der Waals surface area contributed by atoms with Crippen LogP contribution in [0.1, 0.15) is 20.8 Å². The fraction of sp³-hybridized carbons (Fsp3) is 0.143. The highest BCUT2D eigenvalue weighted by Crippen LogP contribution is 2.26. The summed E-state index contributed by atoms with van der Waals surface area (Å²) in [4.78, 5) is 16.4. The van der Waals surface area contributed by atoms with Crippen LogP contribution >= 0.6 is 11.3 Å². The highest BCUT2D eigenvalue weighted by atomic mass is 32.1. The Labute approximate surface area is 114 Å². The van der Waals surface area contributed by atoms with Gasteiger partial charge in [-0.05, 0) is 19.4 Å². The first kappa shape index (κ1) is 11.9. The lowest BCUT2D eigenvalue weighted by atomic mass is 10.0. The van der Waals surface area contributed by atoms with Crippen molar-refractivity contribution in [2.75, 3.05) is 0 Å². The van der Waals surface area contributed by atoms with E-state index < -0.39 is 5.97 Å². The zero-order valence-electron chi connectivity index (χ0n) is 10.5. The molecule has 0 fully saturated rings. The lowest BCUT2D eigenvalue weighted by molar-refractivity contribution is 0.0702. The van der Waals surface area contributed by atoms with Crippen molar-refractivity contribution in [2.24, 2.45) is 0 Å². The molecule has 3 aromatic rings. The summed E-state index contributed by atoms with van der Waals surface area (Å²) in [5.41, 5.74) is 4.35. The molecule has 0 saturated carbocycles. The standard InChI is InChI=1S/C14H12N2O2S/c1-8-3-4-10(9(2)5-8)11-6-16-7-12(13(17)18)19-14(16)15-11/h3-7H,1-2H3,(H,17,18). The fourth-order valence-electron chi connectivity index (χ4n) is 2.13. The van der Waals surface area contributed by atoms with Crippen LogP contribution in [0.3, 0.4) is 0 Å². The van der Waals surface area contributed by atoms with Gasteiger partial charge in [0.2, 0.25) is 0 Å². The molecule has 0 aliphatic heterocycles. The number of nitrogens with zero attached hydrogens (tertiary/aromatic N) is 2. The monoisotopic (exact) mass is 272 g/mol. The zero-order valence-corrected chi connectivity index (χ0v) is 11.4. The van der Waals surface area contributed by atoms with Crippen molar-refractivity contribution in [3.8, 4) is 11.3 Å². The predicted molar refractivity (Wildman–Crippen MR) is 74.9 cm³/mol. The van der Waals surface area contributed by atoms with Crippen LogP contribution in [0.15, 0.2) is 30.6 Å². The van der Waals surface area contributed by atoms with Gasteiger partial charge in [0.25, 0.3) is 0 Å². The maximum absolute atomic E-state index is 10.9. The van der Waals surface area contributed by atoms with E-state index in [2.05, 4.69) is 37.0 Å². The molecule has 0 aliphatic carbocycles. The highest BCUT2D eigenvalue weighted by molar-refractivity contribution is 7.18. The summed E-state index contributed by atoms with van der Waals surface area (Å²) in [7, 11) is 0. The van der Waals surface area contributed by atoms with Gasteiger partial charge in [-0.2, -0.15) is 0 Å². The van der Waals surface area contributed by atoms with Crippen molar-refractivity contribution >= 4 is 22.3 Å². The van der Waals surface area contributed by atoms with Crippen molar-refractivity contribution in [1.82, 2.24) is 9.38 Å². The van der Waals surface area contributed by atoms with Gasteiger partial charge in [0.05, 0.1) is 5.69 Å². The van der Waals surface area contributed by atoms with Crippen LogP contribution in [0.2, 0.25) is 0 Å². The third-order valence-electron chi connectivity index (χ3n) is 3.02. The fourth-order valence-corrected chi connectivity index (χ4v) is 2.93. The molecule has 3 rings (SSSR count). The van der Waals surface area contributed by atoms with Crippen LogP contribution in [0.5, 0.6) is 0 Å². The second-order valence-electron chi connectivity index (χ2n) is 4.53. The average molecular weight is 272 g/mol. The van der Waals surface area contributed by atoms with E-state index in [1.165, 1.54) is 22.5 Å². The van der Waals surface area contributed by atoms with E-state index >= 15 is 0 Å². The molecule has 4 nitrogen and oxygen atoms in total. The maximum Gasteiger partial charge on any atom is 0.347 e. The lowest BCUT2D eigenvalue weighted by Crippen LogP contribution is -1.91. The molecule has 2 aromatic heterocycles. The minimum Gasteiger partial charge on any atom is -0.477 e. The molecule has 0 radical (unpaired) electrons. The largest absolute Gasteiger partial charge is 0.477 e. The molecule has 0 amide bonds. The minimum atomic E-state index is -0.913. The normalized spacial score (nSPS) is 11.1. The van der Waals surface area contributed by atoms with E-state index in [1.54, 1.807) is 10.6 Å². The molecule has 0 atom stereocenters. The lowest BCUT2D eigenvalue weighted by Gasteiger charge is -2.03. The Morgan fingerprint density at radius 3 is 2.74 bits per heavy atom. The van der Waals surface area contributed by atoms with E-state index in [0.717, 1.165) is 11.3 Å². The van der Waals surface area contributed by atoms with Gasteiger partial charge >= 0.3 is 5.97 Å². The summed E-state index contributed by atoms with van der Waals surface area (Å²) in [6, 6.07) is 6.22. The molecule has 0 saturated heterocycles. The Bertz CT molecular complexity index is 754. The number of hydrogen-bond acceptors (Lipinski definition) is 3. The Kier molecular flexibility index (Phi) is 2.64. The van der Waals surface area contributed by atoms with Crippen LogP contribution in [-0.2, 0) is 0 Å². The van der Waals surface area contributed by atoms with E-state index in [0.29, 0.717) is 9.84 Å². The minimum absolute atomic E-state index is 0.301. The Morgan fingerprint density at radius 1 is 1.32 bits per heavy atom. The molecule has 0 spiro atoms. The van der Waals surface area contributed by atoms with Gasteiger partial charge in [0.1, 0.15) is 4.88 Å². The summed E-state index contributed by atoms with van der Waals surface area (Å²) >= 11 is 1.18. The van der Waals surface area contributed by atoms with Gasteiger partial charge in [0.15, 0.2) is 4.96 Å². The number of carboxylic acid groups (broad SMARTS) is 1. The van der Waals surface area contributed by atoms with Crippen LogP contribution in [-0.4, -0.2) is 20.5 Å². The van der Waals surface area contributed by atoms with Gasteiger partial charge in [-0.3, -0.25) is 4.40 Å². The van der Waals surface area contributed by atoms with Crippen LogP contribution in [0.4, 0.5) is 0 Å². The maximum atomic E-state index is 10.9. The number of carbonyl (C=O) groups is 1. The Hall–Kier alpha value is -2.14. The number of carboxylic acids is 1. The smallest absolute Gasteiger partial charge is 0.347 e. The average Bonchev–Trinajstić information content (AvgIpc) is 2.86. The van der Waals surface area contributed by atoms with E-state index in [9.17, 15) is 4.79 Å². The summed E-state index contributed by atoms with van der Waals surface area (Å²) in [6.07, 6.45) is 3.47. The van der Waals surface area contributed by atoms with Crippen molar-refractivity contribution in [1.29, 1.82) is 0 Å². The molecule has 19 heavy (non-hydrogen) atoms. The van der Waals surface area contributed by atoms with E-state index in [-0.39, 0.29) is 0 Å². The van der Waals surface area contributed by atoms with Gasteiger partial charge in [-0.25, -0.2) is 9.78 Å². The Balaban J connectivity index is 2.10. The van der Waals surface area contributed by atoms with Gasteiger partial charge < -0.3 is 5.11 Å². The number of aromatic nitrogens is 2. The molecule has 1 N–H and O–H groups in total. The number of benzene rings is 1. The Morgan fingerprint density at radius 2 is 2.11 bits per heavy atom. The summed E-state index contributed by atoms with van der Waals surface area (Å²) < 4.78 is 1.77. The van der Waals surface area contributed by atoms with Crippen molar-refractivity contribution in [3.63, 3.8) is 0 Å². The third kappa shape index (κ3) is 2.02. The number of thiazole rings is 1. The predicted octanol–water partition coefficient (Wildman–Crippen LogP) is 3.38. The number of imidazole rings is 1. The van der Waals surface area contributed by atoms with Gasteiger partial charge in [-0.1, -0.05) is 35.1 Å². The number of hydrogen-bond donors (Lipinski definition) is 1. The number of aromatic carboxylic acids is 1. The van der Waals surface area contributed by atoms with E-state index in [4.69, 9.17) is 5.11 Å². The van der Waals surface area contributed by atoms with Crippen LogP contribution in [0, 0.1) is 13.8 Å². The molecule has 0 aliphatic rings. The zero-order chi connectivity index (χ0) is 13.6. The summed E-state index contributed by atoms with van der Waals surface area (Å²) in [5, 5.41) is 8.93. The topological polar surface area (TPSA) is 54.6 Å². The number of rotatable bonds is 2. The van der Waals surface area contributed by atoms with E-state index in [1.807, 2.05) is 6.20 Å². The van der Waals surface area contributed by atoms with Crippen LogP contribution < -0.4 is 0 Å². The molecular weight excluding hydrogens is 260 g/mol. The first-order valence-corrected chi connectivity index (χ1v) is 6.66. The number of fused-ring (bicyclic) bond motifs is 1. The molecule has 2 heterocycles. The highest BCUT2D eigenvalue weighted by Gasteiger charge is 2.13. The first-order valence-electron chi connectivity index (χ1n) is 5.84. The SMILES string of the molecule is Cc1ccc(-c2cn3cc(C(=O)O)sc3n2)c(C)c1. The molecule has 0 unspecified atom stereocenters. The first-order chi connectivity index (χ1) is 9.04. The van der Waals surface area contributed by atoms with Gasteiger partial charge in [-0.15, -0.1) is 0 Å². The molecule has 96 valence electrons. The quantitative estimate of drug-likeness (QED) is 0.778. The van der Waals surface area contributed by atoms with Crippen molar-refractivity contribution in [2.45, 2.75) is 13.8 Å². The number of aryl methyl sites for hydroxylation is 2. The van der Waals surface area contributed by atoms with Crippen molar-refractivity contribution < 1.29 is 9.90 Å². The molecule has 5 heteroatoms. The molecule has 1 aromatic carbocycles. The second kappa shape index (κ2) is 4.20. The summed E-state index contributed by atoms with van der Waals surface area (Å²) in [5.74, 6) is -0.913. The van der Waals surface area contributed by atoms with Crippen LogP contribution in [0.25, 0.3) is 16.2 Å². The molecule has 0 bridgehead atoms. The third-order valence-corrected chi connectivity index (χ3v) is 4.01.